The lowest BCUT2D eigenvalue weighted by molar-refractivity contribution is 0.0188. The summed E-state index contributed by atoms with van der Waals surface area (Å²) in [5.74, 6) is 0.720. The van der Waals surface area contributed by atoms with Crippen molar-refractivity contribution >= 4 is 0 Å². The molecule has 0 saturated heterocycles. The van der Waals surface area contributed by atoms with E-state index < -0.39 is 5.54 Å². The Labute approximate surface area is 82.7 Å². The summed E-state index contributed by atoms with van der Waals surface area (Å²) in [4.78, 5) is 4.22. The van der Waals surface area contributed by atoms with Crippen molar-refractivity contribution < 1.29 is 9.84 Å². The third-order valence-corrected chi connectivity index (χ3v) is 2.68. The molecule has 2 rings (SSSR count). The Balaban J connectivity index is 2.17. The van der Waals surface area contributed by atoms with Crippen molar-refractivity contribution in [2.45, 2.75) is 24.5 Å². The summed E-state index contributed by atoms with van der Waals surface area (Å²) >= 11 is 0. The number of hydrogen-bond acceptors (Lipinski definition) is 4. The second kappa shape index (κ2) is 3.22. The number of nitrogens with zero attached hydrogens (tertiary/aromatic N) is 1. The molecule has 0 spiro atoms. The van der Waals surface area contributed by atoms with Gasteiger partial charge in [0.15, 0.2) is 0 Å². The highest BCUT2D eigenvalue weighted by molar-refractivity contribution is 5.26. The molecule has 0 aliphatic heterocycles. The van der Waals surface area contributed by atoms with Crippen LogP contribution in [-0.2, 0) is 5.54 Å². The minimum absolute atomic E-state index is 0.274. The molecule has 1 saturated carbocycles. The summed E-state index contributed by atoms with van der Waals surface area (Å²) < 4.78 is 5.00. The zero-order valence-corrected chi connectivity index (χ0v) is 8.10. The number of aliphatic hydroxyl groups is 1. The van der Waals surface area contributed by atoms with Gasteiger partial charge in [-0.25, -0.2) is 0 Å². The van der Waals surface area contributed by atoms with Crippen LogP contribution in [0.5, 0.6) is 5.75 Å². The molecule has 14 heavy (non-hydrogen) atoms. The van der Waals surface area contributed by atoms with Crippen molar-refractivity contribution in [2.24, 2.45) is 5.73 Å². The molecule has 4 nitrogen and oxygen atoms in total. The van der Waals surface area contributed by atoms with E-state index in [0.717, 1.165) is 11.4 Å². The number of nitrogens with two attached hydrogens (primary N) is 1. The van der Waals surface area contributed by atoms with Gasteiger partial charge in [-0.3, -0.25) is 4.98 Å². The van der Waals surface area contributed by atoms with Crippen LogP contribution in [0, 0.1) is 0 Å². The highest BCUT2D eigenvalue weighted by Crippen LogP contribution is 2.38. The van der Waals surface area contributed by atoms with E-state index in [1.807, 2.05) is 12.1 Å². The molecule has 0 unspecified atom stereocenters. The second-order valence-corrected chi connectivity index (χ2v) is 3.80. The molecule has 1 aromatic heterocycles. The minimum atomic E-state index is -0.439. The molecule has 0 radical (unpaired) electrons. The Morgan fingerprint density at radius 1 is 1.57 bits per heavy atom. The van der Waals surface area contributed by atoms with E-state index in [2.05, 4.69) is 4.98 Å². The van der Waals surface area contributed by atoms with E-state index in [0.29, 0.717) is 12.8 Å². The van der Waals surface area contributed by atoms with Crippen LogP contribution in [0.2, 0.25) is 0 Å². The standard InChI is InChI=1S/C10H14N2O2/c1-14-8-2-3-9(12-6-8)10(11)4-7(13)5-10/h2-3,6-7,13H,4-5,11H2,1H3. The van der Waals surface area contributed by atoms with E-state index in [4.69, 9.17) is 10.5 Å². The fourth-order valence-electron chi connectivity index (χ4n) is 1.79. The van der Waals surface area contributed by atoms with Gasteiger partial charge < -0.3 is 15.6 Å². The number of methoxy groups -OCH3 is 1. The Hall–Kier alpha value is -1.13. The normalized spacial score (nSPS) is 30.9. The van der Waals surface area contributed by atoms with E-state index >= 15 is 0 Å². The number of hydrogen-bond donors (Lipinski definition) is 2. The van der Waals surface area contributed by atoms with E-state index in [-0.39, 0.29) is 6.10 Å². The zero-order valence-electron chi connectivity index (χ0n) is 8.10. The first-order chi connectivity index (χ1) is 6.64. The molecule has 0 aromatic carbocycles. The molecule has 0 amide bonds. The van der Waals surface area contributed by atoms with E-state index in [1.165, 1.54) is 0 Å². The van der Waals surface area contributed by atoms with E-state index in [1.54, 1.807) is 13.3 Å². The predicted octanol–water partition coefficient (Wildman–Crippen LogP) is 0.399. The van der Waals surface area contributed by atoms with Crippen LogP contribution in [0.1, 0.15) is 18.5 Å². The SMILES string of the molecule is COc1ccc(C2(N)CC(O)C2)nc1. The first-order valence-electron chi connectivity index (χ1n) is 4.61. The van der Waals surface area contributed by atoms with Gasteiger partial charge in [0.25, 0.3) is 0 Å². The van der Waals surface area contributed by atoms with Gasteiger partial charge in [-0.1, -0.05) is 0 Å². The monoisotopic (exact) mass is 194 g/mol. The summed E-state index contributed by atoms with van der Waals surface area (Å²) in [6.07, 6.45) is 2.55. The average Bonchev–Trinajstić information content (AvgIpc) is 2.16. The first kappa shape index (κ1) is 9.43. The van der Waals surface area contributed by atoms with E-state index in [9.17, 15) is 5.11 Å². The minimum Gasteiger partial charge on any atom is -0.495 e. The molecule has 1 heterocycles. The number of aliphatic hydroxyl groups excluding tert-OH is 1. The highest BCUT2D eigenvalue weighted by Gasteiger charge is 2.42. The molecular formula is C10H14N2O2. The predicted molar refractivity (Wildman–Crippen MR) is 51.9 cm³/mol. The Morgan fingerprint density at radius 2 is 2.29 bits per heavy atom. The summed E-state index contributed by atoms with van der Waals surface area (Å²) in [6, 6.07) is 3.69. The van der Waals surface area contributed by atoms with Gasteiger partial charge in [0.2, 0.25) is 0 Å². The fraction of sp³-hybridized carbons (Fsp3) is 0.500. The highest BCUT2D eigenvalue weighted by atomic mass is 16.5. The lowest BCUT2D eigenvalue weighted by Crippen LogP contribution is -2.52. The van der Waals surface area contributed by atoms with Gasteiger partial charge >= 0.3 is 0 Å². The van der Waals surface area contributed by atoms with Crippen LogP contribution in [0.3, 0.4) is 0 Å². The lowest BCUT2D eigenvalue weighted by Gasteiger charge is -2.41. The van der Waals surface area contributed by atoms with Crippen molar-refractivity contribution in [3.05, 3.63) is 24.0 Å². The van der Waals surface area contributed by atoms with Gasteiger partial charge in [-0.15, -0.1) is 0 Å². The average molecular weight is 194 g/mol. The smallest absolute Gasteiger partial charge is 0.137 e. The van der Waals surface area contributed by atoms with Gasteiger partial charge in [0.05, 0.1) is 30.6 Å². The molecule has 4 heteroatoms. The van der Waals surface area contributed by atoms with Crippen LogP contribution in [0.15, 0.2) is 18.3 Å². The molecule has 0 atom stereocenters. The van der Waals surface area contributed by atoms with Crippen molar-refractivity contribution in [3.63, 3.8) is 0 Å². The number of pyridine rings is 1. The summed E-state index contributed by atoms with van der Waals surface area (Å²) in [5, 5.41) is 9.21. The third-order valence-electron chi connectivity index (χ3n) is 2.68. The van der Waals surface area contributed by atoms with Gasteiger partial charge in [0, 0.05) is 0 Å². The molecular weight excluding hydrogens is 180 g/mol. The maximum atomic E-state index is 9.21. The van der Waals surface area contributed by atoms with Gasteiger partial charge in [-0.05, 0) is 25.0 Å². The Morgan fingerprint density at radius 3 is 2.71 bits per heavy atom. The largest absolute Gasteiger partial charge is 0.495 e. The number of ether oxygens (including phenoxy) is 1. The van der Waals surface area contributed by atoms with Crippen LogP contribution in [-0.4, -0.2) is 23.3 Å². The maximum absolute atomic E-state index is 9.21. The summed E-state index contributed by atoms with van der Waals surface area (Å²) in [5.41, 5.74) is 6.43. The molecule has 0 bridgehead atoms. The number of rotatable bonds is 2. The summed E-state index contributed by atoms with van der Waals surface area (Å²) in [7, 11) is 1.60. The van der Waals surface area contributed by atoms with Crippen LogP contribution < -0.4 is 10.5 Å². The second-order valence-electron chi connectivity index (χ2n) is 3.80. The topological polar surface area (TPSA) is 68.4 Å². The molecule has 1 aliphatic carbocycles. The van der Waals surface area contributed by atoms with Crippen molar-refractivity contribution in [1.82, 2.24) is 4.98 Å². The van der Waals surface area contributed by atoms with Gasteiger partial charge in [-0.2, -0.15) is 0 Å². The van der Waals surface area contributed by atoms with Gasteiger partial charge in [0.1, 0.15) is 5.75 Å². The van der Waals surface area contributed by atoms with Crippen molar-refractivity contribution in [2.75, 3.05) is 7.11 Å². The molecule has 1 aliphatic rings. The van der Waals surface area contributed by atoms with Crippen molar-refractivity contribution in [3.8, 4) is 5.75 Å². The Bertz CT molecular complexity index is 317. The molecule has 1 fully saturated rings. The summed E-state index contributed by atoms with van der Waals surface area (Å²) in [6.45, 7) is 0. The lowest BCUT2D eigenvalue weighted by atomic mass is 9.73. The van der Waals surface area contributed by atoms with Crippen LogP contribution in [0.25, 0.3) is 0 Å². The Kier molecular flexibility index (Phi) is 2.17. The first-order valence-corrected chi connectivity index (χ1v) is 4.61. The van der Waals surface area contributed by atoms with Crippen LogP contribution in [0.4, 0.5) is 0 Å². The van der Waals surface area contributed by atoms with Crippen LogP contribution >= 0.6 is 0 Å². The maximum Gasteiger partial charge on any atom is 0.137 e. The fourth-order valence-corrected chi connectivity index (χ4v) is 1.79. The zero-order chi connectivity index (χ0) is 10.2. The quantitative estimate of drug-likeness (QED) is 0.715. The molecule has 76 valence electrons. The third kappa shape index (κ3) is 1.47. The molecule has 1 aromatic rings. The molecule has 3 N–H and O–H groups in total. The van der Waals surface area contributed by atoms with Crippen molar-refractivity contribution in [1.29, 1.82) is 0 Å². The number of aromatic nitrogens is 1.